The van der Waals surface area contributed by atoms with E-state index in [0.29, 0.717) is 6.04 Å². The molecule has 0 aliphatic carbocycles. The Hall–Kier alpha value is -2.90. The zero-order valence-electron chi connectivity index (χ0n) is 20.2. The van der Waals surface area contributed by atoms with Crippen molar-refractivity contribution in [3.05, 3.63) is 71.3 Å². The minimum absolute atomic E-state index is 0.258. The normalized spacial score (nSPS) is 17.6. The molecule has 4 rings (SSSR count). The number of carbonyl (C=O) groups is 1. The molecule has 0 bridgehead atoms. The standard InChI is InChI=1S/C27H32N2O4S/c1-27(2,3)33-26(30)29-19-21(18-22-9-8-15-28(22)4)24-17-20(12-13-25(24)29)14-16-34(31,32)23-10-6-5-7-11-23/h5-7,10-14,16-17,19,22H,8-9,15,18H2,1-4H3/b16-14+/t22-/m1/s1. The molecule has 0 unspecified atom stereocenters. The van der Waals surface area contributed by atoms with Crippen LogP contribution < -0.4 is 0 Å². The molecule has 0 N–H and O–H groups in total. The van der Waals surface area contributed by atoms with Gasteiger partial charge in [-0.15, -0.1) is 0 Å². The van der Waals surface area contributed by atoms with Gasteiger partial charge in [0.2, 0.25) is 0 Å². The van der Waals surface area contributed by atoms with E-state index in [9.17, 15) is 13.2 Å². The van der Waals surface area contributed by atoms with Crippen LogP contribution in [0.15, 0.2) is 65.0 Å². The van der Waals surface area contributed by atoms with Crippen molar-refractivity contribution in [1.29, 1.82) is 0 Å². The summed E-state index contributed by atoms with van der Waals surface area (Å²) in [4.78, 5) is 15.5. The highest BCUT2D eigenvalue weighted by molar-refractivity contribution is 7.94. The van der Waals surface area contributed by atoms with E-state index < -0.39 is 21.5 Å². The number of benzene rings is 2. The van der Waals surface area contributed by atoms with Crippen molar-refractivity contribution < 1.29 is 17.9 Å². The van der Waals surface area contributed by atoms with Crippen LogP contribution in [0.25, 0.3) is 17.0 Å². The largest absolute Gasteiger partial charge is 0.443 e. The Labute approximate surface area is 201 Å². The molecular formula is C27H32N2O4S. The number of hydrogen-bond donors (Lipinski definition) is 0. The fourth-order valence-corrected chi connectivity index (χ4v) is 5.42. The van der Waals surface area contributed by atoms with Gasteiger partial charge in [-0.2, -0.15) is 0 Å². The van der Waals surface area contributed by atoms with Crippen LogP contribution in [0.2, 0.25) is 0 Å². The Morgan fingerprint density at radius 1 is 1.15 bits per heavy atom. The summed E-state index contributed by atoms with van der Waals surface area (Å²) in [6.07, 6.45) is 6.16. The minimum atomic E-state index is -3.54. The second kappa shape index (κ2) is 9.39. The predicted molar refractivity (Wildman–Crippen MR) is 136 cm³/mol. The average Bonchev–Trinajstić information content (AvgIpc) is 3.35. The van der Waals surface area contributed by atoms with Gasteiger partial charge in [0.25, 0.3) is 0 Å². The van der Waals surface area contributed by atoms with Crippen molar-refractivity contribution in [2.75, 3.05) is 13.6 Å². The number of sulfone groups is 1. The quantitative estimate of drug-likeness (QED) is 0.482. The number of fused-ring (bicyclic) bond motifs is 1. The molecule has 180 valence electrons. The maximum Gasteiger partial charge on any atom is 0.419 e. The van der Waals surface area contributed by atoms with Crippen LogP contribution in [-0.4, -0.2) is 49.2 Å². The molecule has 1 fully saturated rings. The third kappa shape index (κ3) is 5.42. The molecule has 0 spiro atoms. The molecular weight excluding hydrogens is 448 g/mol. The number of nitrogens with zero attached hydrogens (tertiary/aromatic N) is 2. The molecule has 6 nitrogen and oxygen atoms in total. The molecule has 0 saturated carbocycles. The van der Waals surface area contributed by atoms with Crippen LogP contribution in [0.1, 0.15) is 44.7 Å². The molecule has 3 aromatic rings. The highest BCUT2D eigenvalue weighted by atomic mass is 32.2. The lowest BCUT2D eigenvalue weighted by atomic mass is 10.0. The zero-order valence-corrected chi connectivity index (χ0v) is 21.0. The highest BCUT2D eigenvalue weighted by Crippen LogP contribution is 2.29. The number of ether oxygens (including phenoxy) is 1. The Kier molecular flexibility index (Phi) is 6.69. The monoisotopic (exact) mass is 480 g/mol. The van der Waals surface area contributed by atoms with E-state index in [-0.39, 0.29) is 4.90 Å². The molecule has 0 amide bonds. The number of rotatable bonds is 5. The van der Waals surface area contributed by atoms with Crippen molar-refractivity contribution >= 4 is 32.9 Å². The Morgan fingerprint density at radius 3 is 2.53 bits per heavy atom. The lowest BCUT2D eigenvalue weighted by Gasteiger charge is -2.20. The van der Waals surface area contributed by atoms with Gasteiger partial charge in [0.15, 0.2) is 9.84 Å². The summed E-state index contributed by atoms with van der Waals surface area (Å²) in [7, 11) is -1.41. The van der Waals surface area contributed by atoms with Gasteiger partial charge in [-0.05, 0) is 95.1 Å². The zero-order chi connectivity index (χ0) is 24.5. The summed E-state index contributed by atoms with van der Waals surface area (Å²) in [5.74, 6) is 0. The number of likely N-dealkylation sites (N-methyl/N-ethyl adjacent to an activating group) is 1. The molecule has 34 heavy (non-hydrogen) atoms. The van der Waals surface area contributed by atoms with E-state index in [1.165, 1.54) is 5.41 Å². The summed E-state index contributed by atoms with van der Waals surface area (Å²) in [6.45, 7) is 6.61. The first-order valence-corrected chi connectivity index (χ1v) is 13.1. The van der Waals surface area contributed by atoms with Gasteiger partial charge in [0, 0.05) is 23.0 Å². The van der Waals surface area contributed by atoms with E-state index in [1.54, 1.807) is 41.0 Å². The summed E-state index contributed by atoms with van der Waals surface area (Å²) in [5, 5.41) is 2.17. The Balaban J connectivity index is 1.72. The number of likely N-dealkylation sites (tertiary alicyclic amines) is 1. The third-order valence-corrected chi connectivity index (χ3v) is 7.56. The van der Waals surface area contributed by atoms with Gasteiger partial charge in [-0.3, -0.25) is 4.57 Å². The van der Waals surface area contributed by atoms with Crippen molar-refractivity contribution in [2.24, 2.45) is 0 Å². The third-order valence-electron chi connectivity index (χ3n) is 6.14. The van der Waals surface area contributed by atoms with E-state index in [4.69, 9.17) is 4.74 Å². The van der Waals surface area contributed by atoms with Crippen molar-refractivity contribution in [3.8, 4) is 0 Å². The molecule has 1 saturated heterocycles. The van der Waals surface area contributed by atoms with Crippen LogP contribution in [0.4, 0.5) is 4.79 Å². The van der Waals surface area contributed by atoms with E-state index >= 15 is 0 Å². The van der Waals surface area contributed by atoms with Crippen LogP contribution in [0, 0.1) is 0 Å². The van der Waals surface area contributed by atoms with Crippen molar-refractivity contribution in [1.82, 2.24) is 9.47 Å². The first-order valence-electron chi connectivity index (χ1n) is 11.6. The molecule has 2 aromatic carbocycles. The van der Waals surface area contributed by atoms with Crippen LogP contribution >= 0.6 is 0 Å². The first-order chi connectivity index (χ1) is 16.0. The summed E-state index contributed by atoms with van der Waals surface area (Å²) >= 11 is 0. The van der Waals surface area contributed by atoms with Crippen molar-refractivity contribution in [2.45, 2.75) is 56.6 Å². The molecule has 7 heteroatoms. The molecule has 2 heterocycles. The fraction of sp³-hybridized carbons (Fsp3) is 0.370. The molecule has 0 radical (unpaired) electrons. The van der Waals surface area contributed by atoms with Crippen molar-refractivity contribution in [3.63, 3.8) is 0 Å². The predicted octanol–water partition coefficient (Wildman–Crippen LogP) is 5.51. The summed E-state index contributed by atoms with van der Waals surface area (Å²) in [6, 6.07) is 14.4. The molecule has 1 aliphatic heterocycles. The number of carbonyl (C=O) groups excluding carboxylic acids is 1. The number of hydrogen-bond acceptors (Lipinski definition) is 5. The van der Waals surface area contributed by atoms with Gasteiger partial charge in [0.05, 0.1) is 10.4 Å². The average molecular weight is 481 g/mol. The highest BCUT2D eigenvalue weighted by Gasteiger charge is 2.25. The SMILES string of the molecule is CN1CCC[C@@H]1Cc1cn(C(=O)OC(C)(C)C)c2ccc(/C=C/S(=O)(=O)c3ccccc3)cc12. The van der Waals surface area contributed by atoms with Gasteiger partial charge < -0.3 is 9.64 Å². The summed E-state index contributed by atoms with van der Waals surface area (Å²) < 4.78 is 32.5. The maximum absolute atomic E-state index is 12.9. The fourth-order valence-electron chi connectivity index (χ4n) is 4.39. The molecule has 1 atom stereocenters. The maximum atomic E-state index is 12.9. The Morgan fingerprint density at radius 2 is 1.88 bits per heavy atom. The second-order valence-electron chi connectivity index (χ2n) is 9.92. The lowest BCUT2D eigenvalue weighted by Crippen LogP contribution is -2.27. The first kappa shape index (κ1) is 24.2. The van der Waals surface area contributed by atoms with E-state index in [0.717, 1.165) is 47.8 Å². The smallest absolute Gasteiger partial charge is 0.419 e. The van der Waals surface area contributed by atoms with Crippen LogP contribution in [0.3, 0.4) is 0 Å². The molecule has 1 aromatic heterocycles. The van der Waals surface area contributed by atoms with Gasteiger partial charge in [-0.25, -0.2) is 13.2 Å². The van der Waals surface area contributed by atoms with E-state index in [1.807, 2.05) is 45.2 Å². The second-order valence-corrected chi connectivity index (χ2v) is 11.8. The Bertz CT molecular complexity index is 1320. The van der Waals surface area contributed by atoms with Gasteiger partial charge in [0.1, 0.15) is 5.60 Å². The minimum Gasteiger partial charge on any atom is -0.443 e. The summed E-state index contributed by atoms with van der Waals surface area (Å²) in [5.41, 5.74) is 1.97. The lowest BCUT2D eigenvalue weighted by molar-refractivity contribution is 0.0544. The van der Waals surface area contributed by atoms with E-state index in [2.05, 4.69) is 11.9 Å². The van der Waals surface area contributed by atoms with Gasteiger partial charge >= 0.3 is 6.09 Å². The van der Waals surface area contributed by atoms with Gasteiger partial charge in [-0.1, -0.05) is 24.3 Å². The van der Waals surface area contributed by atoms with Crippen LogP contribution in [0.5, 0.6) is 0 Å². The topological polar surface area (TPSA) is 68.6 Å². The number of aromatic nitrogens is 1. The molecule has 1 aliphatic rings. The van der Waals surface area contributed by atoms with Crippen LogP contribution in [-0.2, 0) is 21.0 Å².